The molecule has 1 aromatic carbocycles. The van der Waals surface area contributed by atoms with Gasteiger partial charge in [-0.25, -0.2) is 13.2 Å². The molecule has 0 radical (unpaired) electrons. The van der Waals surface area contributed by atoms with Gasteiger partial charge in [0.1, 0.15) is 0 Å². The monoisotopic (exact) mass is 299 g/mol. The number of sulfonamides is 1. The van der Waals surface area contributed by atoms with Crippen molar-refractivity contribution >= 4 is 16.0 Å². The van der Waals surface area contributed by atoms with Gasteiger partial charge in [-0.15, -0.1) is 0 Å². The van der Waals surface area contributed by atoms with E-state index in [0.717, 1.165) is 17.3 Å². The molecule has 2 rings (SSSR count). The Morgan fingerprint density at radius 3 is 2.70 bits per heavy atom. The van der Waals surface area contributed by atoms with Gasteiger partial charge in [0.15, 0.2) is 0 Å². The van der Waals surface area contributed by atoms with Crippen molar-refractivity contribution in [3.05, 3.63) is 29.3 Å². The summed E-state index contributed by atoms with van der Waals surface area (Å²) in [4.78, 5) is 16.3. The van der Waals surface area contributed by atoms with E-state index in [1.807, 2.05) is 6.92 Å². The van der Waals surface area contributed by atoms with E-state index >= 15 is 0 Å². The standard InChI is InChI=1S/C13H17NO5S/c1-2-10-5-6-11(9-12(10)13(15)16)20(17,18)14-7-3-4-8-19-14/h5-6,9H,2-4,7-8H2,1H3,(H,15,16). The van der Waals surface area contributed by atoms with Crippen molar-refractivity contribution in [2.75, 3.05) is 13.2 Å². The van der Waals surface area contributed by atoms with E-state index in [1.54, 1.807) is 6.07 Å². The molecule has 7 heteroatoms. The number of carboxylic acids is 1. The summed E-state index contributed by atoms with van der Waals surface area (Å²) < 4.78 is 25.7. The number of carboxylic acid groups (broad SMARTS) is 1. The van der Waals surface area contributed by atoms with Gasteiger partial charge in [-0.2, -0.15) is 0 Å². The second kappa shape index (κ2) is 5.90. The van der Waals surface area contributed by atoms with E-state index in [1.165, 1.54) is 12.1 Å². The molecule has 0 amide bonds. The Morgan fingerprint density at radius 2 is 2.15 bits per heavy atom. The minimum absolute atomic E-state index is 0.0191. The van der Waals surface area contributed by atoms with Crippen molar-refractivity contribution < 1.29 is 23.2 Å². The van der Waals surface area contributed by atoms with Crippen LogP contribution in [0, 0.1) is 0 Å². The zero-order chi connectivity index (χ0) is 14.8. The van der Waals surface area contributed by atoms with Crippen LogP contribution in [0.4, 0.5) is 0 Å². The van der Waals surface area contributed by atoms with Gasteiger partial charge in [-0.05, 0) is 37.0 Å². The Balaban J connectivity index is 2.41. The predicted octanol–water partition coefficient (Wildman–Crippen LogP) is 1.66. The van der Waals surface area contributed by atoms with Gasteiger partial charge in [-0.3, -0.25) is 4.84 Å². The number of hydrogen-bond acceptors (Lipinski definition) is 4. The van der Waals surface area contributed by atoms with Gasteiger partial charge in [0.05, 0.1) is 17.1 Å². The Morgan fingerprint density at radius 1 is 1.40 bits per heavy atom. The van der Waals surface area contributed by atoms with Gasteiger partial charge >= 0.3 is 5.97 Å². The van der Waals surface area contributed by atoms with Crippen LogP contribution in [0.5, 0.6) is 0 Å². The summed E-state index contributed by atoms with van der Waals surface area (Å²) in [6, 6.07) is 4.17. The Hall–Kier alpha value is -1.44. The molecule has 0 spiro atoms. The SMILES string of the molecule is CCc1ccc(S(=O)(=O)N2CCCCO2)cc1C(=O)O. The maximum absolute atomic E-state index is 12.4. The molecule has 1 aromatic rings. The molecule has 6 nitrogen and oxygen atoms in total. The number of aromatic carboxylic acids is 1. The van der Waals surface area contributed by atoms with Crippen molar-refractivity contribution in [3.63, 3.8) is 0 Å². The zero-order valence-corrected chi connectivity index (χ0v) is 12.0. The highest BCUT2D eigenvalue weighted by Gasteiger charge is 2.28. The molecule has 1 aliphatic heterocycles. The maximum Gasteiger partial charge on any atom is 0.336 e. The van der Waals surface area contributed by atoms with Crippen LogP contribution < -0.4 is 0 Å². The van der Waals surface area contributed by atoms with Crippen molar-refractivity contribution in [2.24, 2.45) is 0 Å². The van der Waals surface area contributed by atoms with E-state index in [0.29, 0.717) is 25.1 Å². The van der Waals surface area contributed by atoms with Gasteiger partial charge in [-0.1, -0.05) is 17.5 Å². The summed E-state index contributed by atoms with van der Waals surface area (Å²) in [6.07, 6.45) is 2.08. The molecule has 1 aliphatic rings. The summed E-state index contributed by atoms with van der Waals surface area (Å²) in [6.45, 7) is 2.47. The fraction of sp³-hybridized carbons (Fsp3) is 0.462. The van der Waals surface area contributed by atoms with Crippen molar-refractivity contribution in [2.45, 2.75) is 31.1 Å². The quantitative estimate of drug-likeness (QED) is 0.914. The maximum atomic E-state index is 12.4. The topological polar surface area (TPSA) is 83.9 Å². The number of carbonyl (C=O) groups is 1. The van der Waals surface area contributed by atoms with Crippen LogP contribution in [0.1, 0.15) is 35.7 Å². The first-order chi connectivity index (χ1) is 9.46. The van der Waals surface area contributed by atoms with Crippen molar-refractivity contribution in [1.82, 2.24) is 4.47 Å². The second-order valence-corrected chi connectivity index (χ2v) is 6.38. The van der Waals surface area contributed by atoms with E-state index in [9.17, 15) is 13.2 Å². The first-order valence-corrected chi connectivity index (χ1v) is 7.92. The highest BCUT2D eigenvalue weighted by atomic mass is 32.2. The minimum atomic E-state index is -3.80. The van der Waals surface area contributed by atoms with Gasteiger partial charge < -0.3 is 5.11 Å². The smallest absolute Gasteiger partial charge is 0.336 e. The minimum Gasteiger partial charge on any atom is -0.478 e. The van der Waals surface area contributed by atoms with E-state index in [2.05, 4.69) is 0 Å². The van der Waals surface area contributed by atoms with Gasteiger partial charge in [0, 0.05) is 6.54 Å². The molecule has 0 bridgehead atoms. The van der Waals surface area contributed by atoms with Crippen molar-refractivity contribution in [1.29, 1.82) is 0 Å². The third kappa shape index (κ3) is 2.84. The van der Waals surface area contributed by atoms with Crippen molar-refractivity contribution in [3.8, 4) is 0 Å². The lowest BCUT2D eigenvalue weighted by molar-refractivity contribution is -0.108. The first-order valence-electron chi connectivity index (χ1n) is 6.48. The second-order valence-electron chi connectivity index (χ2n) is 4.55. The molecule has 0 aromatic heterocycles. The summed E-state index contributed by atoms with van der Waals surface area (Å²) in [5, 5.41) is 9.16. The zero-order valence-electron chi connectivity index (χ0n) is 11.2. The fourth-order valence-electron chi connectivity index (χ4n) is 2.10. The molecule has 1 N–H and O–H groups in total. The molecule has 1 saturated heterocycles. The molecule has 1 fully saturated rings. The average molecular weight is 299 g/mol. The Kier molecular flexibility index (Phi) is 4.42. The van der Waals surface area contributed by atoms with Crippen LogP contribution in [0.3, 0.4) is 0 Å². The third-order valence-electron chi connectivity index (χ3n) is 3.23. The number of nitrogens with zero attached hydrogens (tertiary/aromatic N) is 1. The highest BCUT2D eigenvalue weighted by molar-refractivity contribution is 7.89. The number of aryl methyl sites for hydroxylation is 1. The molecular weight excluding hydrogens is 282 g/mol. The van der Waals surface area contributed by atoms with E-state index in [4.69, 9.17) is 9.94 Å². The summed E-state index contributed by atoms with van der Waals surface area (Å²) >= 11 is 0. The number of hydrogen-bond donors (Lipinski definition) is 1. The molecule has 20 heavy (non-hydrogen) atoms. The normalized spacial score (nSPS) is 17.1. The summed E-state index contributed by atoms with van der Waals surface area (Å²) in [5.41, 5.74) is 0.626. The van der Waals surface area contributed by atoms with Crippen LogP contribution in [0.15, 0.2) is 23.1 Å². The molecule has 0 unspecified atom stereocenters. The van der Waals surface area contributed by atoms with Crippen LogP contribution in [0.2, 0.25) is 0 Å². The van der Waals surface area contributed by atoms with E-state index in [-0.39, 0.29) is 10.5 Å². The summed E-state index contributed by atoms with van der Waals surface area (Å²) in [5.74, 6) is -1.13. The largest absolute Gasteiger partial charge is 0.478 e. The highest BCUT2D eigenvalue weighted by Crippen LogP contribution is 2.22. The third-order valence-corrected chi connectivity index (χ3v) is 4.90. The molecule has 0 saturated carbocycles. The predicted molar refractivity (Wildman–Crippen MR) is 71.9 cm³/mol. The molecule has 0 atom stereocenters. The Labute approximate surface area is 118 Å². The van der Waals surface area contributed by atoms with Gasteiger partial charge in [0.2, 0.25) is 0 Å². The molecule has 0 aliphatic carbocycles. The van der Waals surface area contributed by atoms with Crippen LogP contribution in [-0.2, 0) is 21.3 Å². The van der Waals surface area contributed by atoms with Crippen LogP contribution in [-0.4, -0.2) is 37.1 Å². The summed E-state index contributed by atoms with van der Waals surface area (Å²) in [7, 11) is -3.80. The van der Waals surface area contributed by atoms with Crippen LogP contribution >= 0.6 is 0 Å². The molecular formula is C13H17NO5S. The van der Waals surface area contributed by atoms with Gasteiger partial charge in [0.25, 0.3) is 10.0 Å². The van der Waals surface area contributed by atoms with E-state index < -0.39 is 16.0 Å². The van der Waals surface area contributed by atoms with Crippen LogP contribution in [0.25, 0.3) is 0 Å². The molecule has 1 heterocycles. The number of hydroxylamine groups is 1. The lowest BCUT2D eigenvalue weighted by atomic mass is 10.1. The number of rotatable bonds is 4. The lowest BCUT2D eigenvalue weighted by Crippen LogP contribution is -2.35. The Bertz CT molecular complexity index is 605. The fourth-order valence-corrected chi connectivity index (χ4v) is 3.43. The lowest BCUT2D eigenvalue weighted by Gasteiger charge is -2.25. The number of benzene rings is 1. The molecule has 110 valence electrons. The average Bonchev–Trinajstić information content (AvgIpc) is 2.47. The first kappa shape index (κ1) is 15.0.